The molecule has 0 bridgehead atoms. The van der Waals surface area contributed by atoms with Crippen LogP contribution < -0.4 is 10.6 Å². The predicted octanol–water partition coefficient (Wildman–Crippen LogP) is 0.582. The smallest absolute Gasteiger partial charge is 0.230 e. The zero-order valence-electron chi connectivity index (χ0n) is 9.12. The van der Waals surface area contributed by atoms with E-state index in [1.165, 1.54) is 0 Å². The minimum absolute atomic E-state index is 0.194. The van der Waals surface area contributed by atoms with Gasteiger partial charge in [-0.3, -0.25) is 4.98 Å². The molecule has 2 rings (SSSR count). The summed E-state index contributed by atoms with van der Waals surface area (Å²) in [5.74, 6) is 1.20. The van der Waals surface area contributed by atoms with Crippen molar-refractivity contribution in [2.75, 3.05) is 24.7 Å². The molecule has 2 N–H and O–H groups in total. The molecule has 16 heavy (non-hydrogen) atoms. The van der Waals surface area contributed by atoms with E-state index in [1.807, 2.05) is 32.3 Å². The highest BCUT2D eigenvalue weighted by molar-refractivity contribution is 5.52. The maximum Gasteiger partial charge on any atom is 0.230 e. The van der Waals surface area contributed by atoms with Gasteiger partial charge in [-0.2, -0.15) is 15.0 Å². The van der Waals surface area contributed by atoms with Crippen molar-refractivity contribution in [2.24, 2.45) is 0 Å². The Bertz CT molecular complexity index is 482. The zero-order chi connectivity index (χ0) is 11.5. The highest BCUT2D eigenvalue weighted by Crippen LogP contribution is 2.14. The molecule has 0 fully saturated rings. The maximum atomic E-state index is 5.62. The first kappa shape index (κ1) is 10.3. The van der Waals surface area contributed by atoms with E-state index in [2.05, 4.69) is 19.9 Å². The monoisotopic (exact) mass is 216 g/mol. The lowest BCUT2D eigenvalue weighted by molar-refractivity contribution is 0.965. The molecule has 6 nitrogen and oxygen atoms in total. The lowest BCUT2D eigenvalue weighted by Gasteiger charge is -2.10. The van der Waals surface area contributed by atoms with Crippen LogP contribution >= 0.6 is 0 Å². The van der Waals surface area contributed by atoms with E-state index in [-0.39, 0.29) is 5.95 Å². The molecule has 0 saturated heterocycles. The average molecular weight is 216 g/mol. The topological polar surface area (TPSA) is 80.8 Å². The lowest BCUT2D eigenvalue weighted by atomic mass is 10.3. The molecule has 0 aliphatic carbocycles. The summed E-state index contributed by atoms with van der Waals surface area (Å²) in [5, 5.41) is 0. The maximum absolute atomic E-state index is 5.62. The van der Waals surface area contributed by atoms with Crippen molar-refractivity contribution in [3.63, 3.8) is 0 Å². The Labute approximate surface area is 93.2 Å². The summed E-state index contributed by atoms with van der Waals surface area (Å²) in [6, 6.07) is 5.53. The summed E-state index contributed by atoms with van der Waals surface area (Å²) in [6.45, 7) is 0. The molecule has 2 aromatic heterocycles. The van der Waals surface area contributed by atoms with Crippen LogP contribution in [0, 0.1) is 0 Å². The van der Waals surface area contributed by atoms with Crippen LogP contribution in [0.25, 0.3) is 11.5 Å². The van der Waals surface area contributed by atoms with Crippen LogP contribution in [0.3, 0.4) is 0 Å². The van der Waals surface area contributed by atoms with E-state index in [0.29, 0.717) is 17.5 Å². The van der Waals surface area contributed by atoms with E-state index < -0.39 is 0 Å². The molecule has 0 amide bonds. The van der Waals surface area contributed by atoms with Gasteiger partial charge in [0.1, 0.15) is 5.69 Å². The Balaban J connectivity index is 2.50. The first-order valence-electron chi connectivity index (χ1n) is 4.77. The van der Waals surface area contributed by atoms with Crippen molar-refractivity contribution < 1.29 is 0 Å². The van der Waals surface area contributed by atoms with E-state index in [4.69, 9.17) is 5.73 Å². The van der Waals surface area contributed by atoms with Crippen LogP contribution in [0.1, 0.15) is 0 Å². The van der Waals surface area contributed by atoms with Gasteiger partial charge in [0.15, 0.2) is 5.82 Å². The number of nitrogen functional groups attached to an aromatic ring is 1. The quantitative estimate of drug-likeness (QED) is 0.791. The van der Waals surface area contributed by atoms with Gasteiger partial charge >= 0.3 is 0 Å². The molecule has 0 spiro atoms. The molecule has 0 saturated carbocycles. The Kier molecular flexibility index (Phi) is 2.63. The molecule has 2 heterocycles. The average Bonchev–Trinajstić information content (AvgIpc) is 2.29. The van der Waals surface area contributed by atoms with E-state index in [0.717, 1.165) is 0 Å². The first-order chi connectivity index (χ1) is 7.66. The minimum Gasteiger partial charge on any atom is -0.368 e. The Hall–Kier alpha value is -2.24. The second kappa shape index (κ2) is 4.09. The van der Waals surface area contributed by atoms with Gasteiger partial charge in [0.05, 0.1) is 0 Å². The summed E-state index contributed by atoms with van der Waals surface area (Å²) in [6.07, 6.45) is 1.69. The number of hydrogen-bond acceptors (Lipinski definition) is 6. The highest BCUT2D eigenvalue weighted by atomic mass is 15.3. The van der Waals surface area contributed by atoms with E-state index >= 15 is 0 Å². The summed E-state index contributed by atoms with van der Waals surface area (Å²) in [7, 11) is 3.69. The summed E-state index contributed by atoms with van der Waals surface area (Å²) in [4.78, 5) is 18.3. The standard InChI is InChI=1S/C10H12N6/c1-16(2)10-14-8(13-9(11)15-10)7-5-3-4-6-12-7/h3-6H,1-2H3,(H2,11,13,14,15). The van der Waals surface area contributed by atoms with Crippen LogP contribution in [0.15, 0.2) is 24.4 Å². The second-order valence-electron chi connectivity index (χ2n) is 3.43. The predicted molar refractivity (Wildman–Crippen MR) is 61.8 cm³/mol. The van der Waals surface area contributed by atoms with Crippen molar-refractivity contribution in [1.82, 2.24) is 19.9 Å². The van der Waals surface area contributed by atoms with Crippen LogP contribution in [0.5, 0.6) is 0 Å². The molecule has 2 aromatic rings. The molecule has 0 atom stereocenters. The number of pyridine rings is 1. The molecular weight excluding hydrogens is 204 g/mol. The van der Waals surface area contributed by atoms with Crippen LogP contribution in [0.4, 0.5) is 11.9 Å². The number of nitrogens with zero attached hydrogens (tertiary/aromatic N) is 5. The molecule has 0 aliphatic heterocycles. The van der Waals surface area contributed by atoms with Gasteiger partial charge in [-0.05, 0) is 12.1 Å². The Morgan fingerprint density at radius 1 is 1.12 bits per heavy atom. The van der Waals surface area contributed by atoms with Crippen molar-refractivity contribution in [3.05, 3.63) is 24.4 Å². The fraction of sp³-hybridized carbons (Fsp3) is 0.200. The summed E-state index contributed by atoms with van der Waals surface area (Å²) in [5.41, 5.74) is 6.30. The zero-order valence-corrected chi connectivity index (χ0v) is 9.12. The largest absolute Gasteiger partial charge is 0.368 e. The number of hydrogen-bond donors (Lipinski definition) is 1. The van der Waals surface area contributed by atoms with Crippen LogP contribution in [0.2, 0.25) is 0 Å². The molecule has 0 aromatic carbocycles. The third-order valence-corrected chi connectivity index (χ3v) is 1.93. The molecule has 0 unspecified atom stereocenters. The van der Waals surface area contributed by atoms with Gasteiger partial charge in [0.2, 0.25) is 11.9 Å². The minimum atomic E-state index is 0.194. The molecular formula is C10H12N6. The Morgan fingerprint density at radius 2 is 1.94 bits per heavy atom. The SMILES string of the molecule is CN(C)c1nc(N)nc(-c2ccccn2)n1. The van der Waals surface area contributed by atoms with E-state index in [9.17, 15) is 0 Å². The third-order valence-electron chi connectivity index (χ3n) is 1.93. The van der Waals surface area contributed by atoms with Gasteiger partial charge in [0.25, 0.3) is 0 Å². The highest BCUT2D eigenvalue weighted by Gasteiger charge is 2.08. The second-order valence-corrected chi connectivity index (χ2v) is 3.43. The van der Waals surface area contributed by atoms with E-state index in [1.54, 1.807) is 11.1 Å². The summed E-state index contributed by atoms with van der Waals surface area (Å²) < 4.78 is 0. The number of aromatic nitrogens is 4. The fourth-order valence-electron chi connectivity index (χ4n) is 1.19. The van der Waals surface area contributed by atoms with Gasteiger partial charge < -0.3 is 10.6 Å². The van der Waals surface area contributed by atoms with Gasteiger partial charge in [0, 0.05) is 20.3 Å². The van der Waals surface area contributed by atoms with Gasteiger partial charge in [-0.1, -0.05) is 6.07 Å². The number of anilines is 2. The van der Waals surface area contributed by atoms with Gasteiger partial charge in [-0.15, -0.1) is 0 Å². The normalized spacial score (nSPS) is 10.1. The number of rotatable bonds is 2. The molecule has 6 heteroatoms. The van der Waals surface area contributed by atoms with Crippen LogP contribution in [-0.4, -0.2) is 34.0 Å². The van der Waals surface area contributed by atoms with Gasteiger partial charge in [-0.25, -0.2) is 0 Å². The first-order valence-corrected chi connectivity index (χ1v) is 4.77. The molecule has 82 valence electrons. The molecule has 0 radical (unpaired) electrons. The van der Waals surface area contributed by atoms with Crippen LogP contribution in [-0.2, 0) is 0 Å². The van der Waals surface area contributed by atoms with Crippen molar-refractivity contribution in [1.29, 1.82) is 0 Å². The van der Waals surface area contributed by atoms with Crippen molar-refractivity contribution in [3.8, 4) is 11.5 Å². The Morgan fingerprint density at radius 3 is 2.56 bits per heavy atom. The third kappa shape index (κ3) is 2.05. The lowest BCUT2D eigenvalue weighted by Crippen LogP contribution is -2.15. The number of nitrogens with two attached hydrogens (primary N) is 1. The fourth-order valence-corrected chi connectivity index (χ4v) is 1.19. The summed E-state index contributed by atoms with van der Waals surface area (Å²) >= 11 is 0. The molecule has 0 aliphatic rings. The van der Waals surface area contributed by atoms with Crippen molar-refractivity contribution >= 4 is 11.9 Å². The van der Waals surface area contributed by atoms with Crippen molar-refractivity contribution in [2.45, 2.75) is 0 Å².